The Morgan fingerprint density at radius 1 is 0.875 bits per heavy atom. The average Bonchev–Trinajstić information content (AvgIpc) is 2.79. The highest BCUT2D eigenvalue weighted by Gasteiger charge is 2.36. The van der Waals surface area contributed by atoms with Gasteiger partial charge in [0.05, 0.1) is 16.8 Å². The molecule has 6 heteroatoms. The highest BCUT2D eigenvalue weighted by molar-refractivity contribution is 6.34. The second kappa shape index (κ2) is 5.73. The fourth-order valence-corrected chi connectivity index (χ4v) is 2.52. The first-order valence-electron chi connectivity index (χ1n) is 7.20. The number of carbonyl (C=O) groups excluding carboxylic acids is 4. The van der Waals surface area contributed by atoms with E-state index in [0.717, 1.165) is 4.90 Å². The van der Waals surface area contributed by atoms with E-state index < -0.39 is 17.8 Å². The first-order chi connectivity index (χ1) is 11.4. The SMILES string of the molecule is CC(=O)Oc1ccc(N2C(=O)c3ccc(C(C)=O)cc3C2=O)cc1. The molecular formula is C18H13NO5. The van der Waals surface area contributed by atoms with Crippen molar-refractivity contribution in [2.45, 2.75) is 13.8 Å². The number of fused-ring (bicyclic) bond motifs is 1. The third kappa shape index (κ3) is 2.58. The number of hydrogen-bond donors (Lipinski definition) is 0. The molecule has 0 saturated heterocycles. The quantitative estimate of drug-likeness (QED) is 0.375. The van der Waals surface area contributed by atoms with E-state index in [4.69, 9.17) is 4.74 Å². The molecule has 1 aliphatic rings. The smallest absolute Gasteiger partial charge is 0.308 e. The Bertz CT molecular complexity index is 883. The number of hydrogen-bond acceptors (Lipinski definition) is 5. The topological polar surface area (TPSA) is 80.8 Å². The Morgan fingerprint density at radius 3 is 2.08 bits per heavy atom. The number of rotatable bonds is 3. The van der Waals surface area contributed by atoms with Gasteiger partial charge in [-0.25, -0.2) is 4.90 Å². The van der Waals surface area contributed by atoms with Crippen molar-refractivity contribution in [1.29, 1.82) is 0 Å². The van der Waals surface area contributed by atoms with E-state index in [1.165, 1.54) is 56.3 Å². The van der Waals surface area contributed by atoms with Crippen LogP contribution in [-0.2, 0) is 4.79 Å². The van der Waals surface area contributed by atoms with Crippen LogP contribution in [0.4, 0.5) is 5.69 Å². The lowest BCUT2D eigenvalue weighted by Crippen LogP contribution is -2.29. The van der Waals surface area contributed by atoms with Crippen LogP contribution in [0.3, 0.4) is 0 Å². The van der Waals surface area contributed by atoms with E-state index in [0.29, 0.717) is 17.0 Å². The number of benzene rings is 2. The number of nitrogens with zero attached hydrogens (tertiary/aromatic N) is 1. The molecule has 2 aromatic carbocycles. The number of carbonyl (C=O) groups is 4. The van der Waals surface area contributed by atoms with Crippen molar-refractivity contribution in [3.63, 3.8) is 0 Å². The summed E-state index contributed by atoms with van der Waals surface area (Å²) in [7, 11) is 0. The molecule has 0 bridgehead atoms. The molecule has 3 rings (SSSR count). The van der Waals surface area contributed by atoms with Crippen molar-refractivity contribution < 1.29 is 23.9 Å². The third-order valence-electron chi connectivity index (χ3n) is 3.65. The molecule has 0 aliphatic carbocycles. The van der Waals surface area contributed by atoms with Crippen LogP contribution in [-0.4, -0.2) is 23.6 Å². The molecule has 0 saturated carbocycles. The zero-order valence-corrected chi connectivity index (χ0v) is 13.0. The van der Waals surface area contributed by atoms with Gasteiger partial charge in [-0.2, -0.15) is 0 Å². The lowest BCUT2D eigenvalue weighted by molar-refractivity contribution is -0.131. The monoisotopic (exact) mass is 323 g/mol. The van der Waals surface area contributed by atoms with Crippen LogP contribution in [0, 0.1) is 0 Å². The Labute approximate surface area is 137 Å². The number of esters is 1. The van der Waals surface area contributed by atoms with Crippen LogP contribution < -0.4 is 9.64 Å². The maximum atomic E-state index is 12.6. The average molecular weight is 323 g/mol. The minimum Gasteiger partial charge on any atom is -0.427 e. The highest BCUT2D eigenvalue weighted by atomic mass is 16.5. The summed E-state index contributed by atoms with van der Waals surface area (Å²) < 4.78 is 4.92. The van der Waals surface area contributed by atoms with Gasteiger partial charge in [-0.1, -0.05) is 6.07 Å². The van der Waals surface area contributed by atoms with E-state index in [-0.39, 0.29) is 16.9 Å². The summed E-state index contributed by atoms with van der Waals surface area (Å²) in [5.41, 5.74) is 1.20. The van der Waals surface area contributed by atoms with Crippen molar-refractivity contribution in [2.75, 3.05) is 4.90 Å². The van der Waals surface area contributed by atoms with Gasteiger partial charge >= 0.3 is 5.97 Å². The van der Waals surface area contributed by atoms with E-state index >= 15 is 0 Å². The molecule has 6 nitrogen and oxygen atoms in total. The van der Waals surface area contributed by atoms with Gasteiger partial charge in [-0.3, -0.25) is 19.2 Å². The molecule has 24 heavy (non-hydrogen) atoms. The summed E-state index contributed by atoms with van der Waals surface area (Å²) in [5, 5.41) is 0. The maximum Gasteiger partial charge on any atom is 0.308 e. The van der Waals surface area contributed by atoms with E-state index in [2.05, 4.69) is 0 Å². The van der Waals surface area contributed by atoms with Crippen LogP contribution in [0.2, 0.25) is 0 Å². The van der Waals surface area contributed by atoms with Gasteiger partial charge in [0.2, 0.25) is 0 Å². The van der Waals surface area contributed by atoms with Crippen molar-refractivity contribution in [3.8, 4) is 5.75 Å². The summed E-state index contributed by atoms with van der Waals surface area (Å²) in [5.74, 6) is -1.26. The number of anilines is 1. The molecule has 120 valence electrons. The molecular weight excluding hydrogens is 310 g/mol. The predicted octanol–water partition coefficient (Wildman–Crippen LogP) is 2.62. The first kappa shape index (κ1) is 15.6. The maximum absolute atomic E-state index is 12.6. The molecule has 0 fully saturated rings. The molecule has 0 N–H and O–H groups in total. The molecule has 2 aromatic rings. The summed E-state index contributed by atoms with van der Waals surface area (Å²) in [6, 6.07) is 10.5. The normalized spacial score (nSPS) is 13.0. The van der Waals surface area contributed by atoms with Crippen LogP contribution >= 0.6 is 0 Å². The zero-order chi connectivity index (χ0) is 17.4. The lowest BCUT2D eigenvalue weighted by Gasteiger charge is -2.14. The zero-order valence-electron chi connectivity index (χ0n) is 13.0. The number of ketones is 1. The number of ether oxygens (including phenoxy) is 1. The van der Waals surface area contributed by atoms with E-state index in [1.807, 2.05) is 0 Å². The van der Waals surface area contributed by atoms with Crippen LogP contribution in [0.15, 0.2) is 42.5 Å². The number of Topliss-reactive ketones (excluding diaryl/α,β-unsaturated/α-hetero) is 1. The summed E-state index contributed by atoms with van der Waals surface area (Å²) in [4.78, 5) is 48.5. The Morgan fingerprint density at radius 2 is 1.50 bits per heavy atom. The molecule has 2 amide bonds. The third-order valence-corrected chi connectivity index (χ3v) is 3.65. The van der Waals surface area contributed by atoms with Gasteiger partial charge in [0.15, 0.2) is 5.78 Å². The van der Waals surface area contributed by atoms with E-state index in [9.17, 15) is 19.2 Å². The minimum atomic E-state index is -0.488. The van der Waals surface area contributed by atoms with Crippen LogP contribution in [0.5, 0.6) is 5.75 Å². The van der Waals surface area contributed by atoms with Gasteiger partial charge in [-0.05, 0) is 43.3 Å². The first-order valence-corrected chi connectivity index (χ1v) is 7.20. The fraction of sp³-hybridized carbons (Fsp3) is 0.111. The molecule has 0 aromatic heterocycles. The molecule has 1 aliphatic heterocycles. The van der Waals surface area contributed by atoms with Gasteiger partial charge in [-0.15, -0.1) is 0 Å². The number of amides is 2. The van der Waals surface area contributed by atoms with Gasteiger partial charge < -0.3 is 4.74 Å². The van der Waals surface area contributed by atoms with Crippen molar-refractivity contribution >= 4 is 29.3 Å². The largest absolute Gasteiger partial charge is 0.427 e. The minimum absolute atomic E-state index is 0.178. The molecule has 0 atom stereocenters. The van der Waals surface area contributed by atoms with Crippen molar-refractivity contribution in [2.24, 2.45) is 0 Å². The molecule has 0 spiro atoms. The van der Waals surface area contributed by atoms with E-state index in [1.54, 1.807) is 0 Å². The van der Waals surface area contributed by atoms with Gasteiger partial charge in [0.1, 0.15) is 5.75 Å². The van der Waals surface area contributed by atoms with Crippen LogP contribution in [0.1, 0.15) is 44.9 Å². The van der Waals surface area contributed by atoms with Crippen molar-refractivity contribution in [3.05, 3.63) is 59.2 Å². The lowest BCUT2D eigenvalue weighted by atomic mass is 10.0. The standard InChI is InChI=1S/C18H13NO5/c1-10(20)12-3-8-15-16(9-12)18(23)19(17(15)22)13-4-6-14(7-5-13)24-11(2)21/h3-9H,1-2H3. The van der Waals surface area contributed by atoms with Gasteiger partial charge in [0, 0.05) is 12.5 Å². The highest BCUT2D eigenvalue weighted by Crippen LogP contribution is 2.30. The second-order valence-electron chi connectivity index (χ2n) is 5.35. The summed E-state index contributed by atoms with van der Waals surface area (Å²) in [6.45, 7) is 2.68. The Kier molecular flexibility index (Phi) is 3.73. The Balaban J connectivity index is 1.95. The number of imide groups is 1. The molecule has 1 heterocycles. The summed E-state index contributed by atoms with van der Waals surface area (Å²) >= 11 is 0. The molecule has 0 radical (unpaired) electrons. The predicted molar refractivity (Wildman–Crippen MR) is 85.3 cm³/mol. The van der Waals surface area contributed by atoms with Crippen LogP contribution in [0.25, 0.3) is 0 Å². The Hall–Kier alpha value is -3.28. The second-order valence-corrected chi connectivity index (χ2v) is 5.35. The van der Waals surface area contributed by atoms with Gasteiger partial charge in [0.25, 0.3) is 11.8 Å². The van der Waals surface area contributed by atoms with Crippen molar-refractivity contribution in [1.82, 2.24) is 0 Å². The fourth-order valence-electron chi connectivity index (χ4n) is 2.52. The summed E-state index contributed by atoms with van der Waals surface area (Å²) in [6.07, 6.45) is 0. The molecule has 0 unspecified atom stereocenters.